The predicted molar refractivity (Wildman–Crippen MR) is 156 cm³/mol. The molecular formula is C25H23N5O11S3. The van der Waals surface area contributed by atoms with Crippen LogP contribution >= 0.6 is 12.3 Å². The number of carbonyl (C=O) groups is 1. The van der Waals surface area contributed by atoms with Gasteiger partial charge in [0.15, 0.2) is 27.8 Å². The van der Waals surface area contributed by atoms with Crippen molar-refractivity contribution in [2.24, 2.45) is 10.2 Å². The molecule has 1 aromatic heterocycles. The van der Waals surface area contributed by atoms with Crippen LogP contribution in [0.2, 0.25) is 0 Å². The zero-order valence-corrected chi connectivity index (χ0v) is 24.9. The molecule has 0 spiro atoms. The Bertz CT molecular complexity index is 1920. The fourth-order valence-corrected chi connectivity index (χ4v) is 5.56. The Morgan fingerprint density at radius 1 is 0.955 bits per heavy atom. The van der Waals surface area contributed by atoms with E-state index in [0.717, 1.165) is 16.8 Å². The van der Waals surface area contributed by atoms with Crippen LogP contribution in [-0.4, -0.2) is 54.7 Å². The average Bonchev–Trinajstić information content (AvgIpc) is 3.28. The highest BCUT2D eigenvalue weighted by Crippen LogP contribution is 2.21. The highest BCUT2D eigenvalue weighted by molar-refractivity contribution is 7.91. The van der Waals surface area contributed by atoms with Gasteiger partial charge in [0, 0.05) is 11.3 Å². The lowest BCUT2D eigenvalue weighted by Gasteiger charge is -2.08. The monoisotopic (exact) mass is 665 g/mol. The first-order chi connectivity index (χ1) is 20.9. The fraction of sp³-hybridized carbons (Fsp3) is 0.120. The van der Waals surface area contributed by atoms with Crippen LogP contribution < -0.4 is 10.9 Å². The molecule has 0 fully saturated rings. The number of hydrogen-bond acceptors (Lipinski definition) is 13. The van der Waals surface area contributed by atoms with Gasteiger partial charge < -0.3 is 5.32 Å². The third-order valence-corrected chi connectivity index (χ3v) is 8.78. The molecule has 4 rings (SSSR count). The van der Waals surface area contributed by atoms with Crippen LogP contribution in [0.25, 0.3) is 5.69 Å². The number of aromatic amines is 1. The van der Waals surface area contributed by atoms with Gasteiger partial charge in [0.25, 0.3) is 21.6 Å². The van der Waals surface area contributed by atoms with E-state index >= 15 is 0 Å². The zero-order chi connectivity index (χ0) is 31.9. The number of aryl methyl sites for hydroxylation is 1. The van der Waals surface area contributed by atoms with Crippen LogP contribution in [-0.2, 0) is 33.5 Å². The molecule has 1 amide bonds. The molecule has 19 heteroatoms. The summed E-state index contributed by atoms with van der Waals surface area (Å²) in [6, 6.07) is 16.5. The summed E-state index contributed by atoms with van der Waals surface area (Å²) < 4.78 is 66.3. The van der Waals surface area contributed by atoms with E-state index in [9.17, 15) is 26.4 Å². The molecule has 0 unspecified atom stereocenters. The van der Waals surface area contributed by atoms with Crippen molar-refractivity contribution in [3.05, 3.63) is 94.4 Å². The van der Waals surface area contributed by atoms with Crippen LogP contribution in [0.3, 0.4) is 0 Å². The van der Waals surface area contributed by atoms with Gasteiger partial charge in [-0.1, -0.05) is 5.04 Å². The molecule has 0 bridgehead atoms. The Morgan fingerprint density at radius 3 is 2.20 bits per heavy atom. The number of hydrogen-bond donors (Lipinski definition) is 4. The molecular weight excluding hydrogens is 643 g/mol. The number of aromatic nitrogens is 2. The smallest absolute Gasteiger partial charge is 0.299 e. The van der Waals surface area contributed by atoms with Crippen molar-refractivity contribution in [1.29, 1.82) is 0 Å². The van der Waals surface area contributed by atoms with Crippen molar-refractivity contribution in [3.63, 3.8) is 0 Å². The molecule has 0 saturated carbocycles. The Morgan fingerprint density at radius 2 is 1.59 bits per heavy atom. The lowest BCUT2D eigenvalue weighted by atomic mass is 10.2. The number of carbonyl (C=O) groups excluding carboxylic acids is 1. The maximum Gasteiger partial charge on any atom is 0.299 e. The molecule has 0 aliphatic heterocycles. The molecule has 4 N–H and O–H groups in total. The summed E-state index contributed by atoms with van der Waals surface area (Å²) >= 11 is 0.270. The number of amides is 1. The highest BCUT2D eigenvalue weighted by Gasteiger charge is 2.16. The number of nitrogens with zero attached hydrogens (tertiary/aromatic N) is 3. The van der Waals surface area contributed by atoms with Crippen molar-refractivity contribution in [3.8, 4) is 5.69 Å². The van der Waals surface area contributed by atoms with E-state index < -0.39 is 31.4 Å². The molecule has 0 aliphatic carbocycles. The Hall–Kier alpha value is -4.21. The minimum Gasteiger partial charge on any atom is -0.322 e. The summed E-state index contributed by atoms with van der Waals surface area (Å²) in [6.45, 7) is 1.37. The third-order valence-electron chi connectivity index (χ3n) is 5.84. The maximum atomic E-state index is 12.9. The second kappa shape index (κ2) is 14.1. The molecule has 44 heavy (non-hydrogen) atoms. The van der Waals surface area contributed by atoms with Crippen LogP contribution in [0.5, 0.6) is 0 Å². The normalized spacial score (nSPS) is 12.1. The molecule has 16 nitrogen and oxygen atoms in total. The third kappa shape index (κ3) is 8.24. The number of nitrogens with one attached hydrogen (secondary N) is 2. The van der Waals surface area contributed by atoms with E-state index in [1.807, 2.05) is 0 Å². The van der Waals surface area contributed by atoms with Crippen LogP contribution in [0.4, 0.5) is 17.1 Å². The summed E-state index contributed by atoms with van der Waals surface area (Å²) in [7, 11) is -8.06. The van der Waals surface area contributed by atoms with E-state index in [4.69, 9.17) is 14.0 Å². The number of anilines is 1. The number of benzene rings is 3. The van der Waals surface area contributed by atoms with E-state index in [1.165, 1.54) is 60.7 Å². The first kappa shape index (κ1) is 32.7. The molecule has 1 heterocycles. The van der Waals surface area contributed by atoms with Crippen LogP contribution in [0, 0.1) is 6.92 Å². The Balaban J connectivity index is 1.38. The number of sulfone groups is 1. The maximum absolute atomic E-state index is 12.9. The van der Waals surface area contributed by atoms with Crippen LogP contribution in [0.15, 0.2) is 97.6 Å². The number of H-pyrrole nitrogens is 1. The Labute approximate surface area is 254 Å². The SMILES string of the molecule is Cc1[nH]n(-c2ccc(S(=O)(=O)O)cc2)c(=O)c1N=Nc1ccc(C(=O)Nc2ccc(S(=O)(=O)CCOSOOO)cc2)cc1. The summed E-state index contributed by atoms with van der Waals surface area (Å²) in [5.41, 5.74) is 1.14. The van der Waals surface area contributed by atoms with Gasteiger partial charge in [-0.05, 0) is 79.7 Å². The first-order valence-corrected chi connectivity index (χ1v) is 16.0. The fourth-order valence-electron chi connectivity index (χ4n) is 3.67. The standard InChI is InChI=1S/C25H23N5O11S3/c1-16-23(25(32)30(29-16)20-8-12-22(13-9-20)44(36,37)38)28-27-19-4-2-17(3-5-19)24(31)26-18-6-10-21(11-7-18)43(34,35)15-14-39-42-41-40-33/h2-13,29,33H,14-15H2,1H3,(H,26,31)(H,36,37,38). The van der Waals surface area contributed by atoms with Crippen molar-refractivity contribution in [1.82, 2.24) is 9.78 Å². The van der Waals surface area contributed by atoms with Gasteiger partial charge in [0.2, 0.25) is 0 Å². The lowest BCUT2D eigenvalue weighted by Crippen LogP contribution is -2.14. The number of azo groups is 1. The van der Waals surface area contributed by atoms with Crippen molar-refractivity contribution in [2.45, 2.75) is 16.7 Å². The largest absolute Gasteiger partial charge is 0.322 e. The summed E-state index contributed by atoms with van der Waals surface area (Å²) in [5, 5.41) is 24.9. The highest BCUT2D eigenvalue weighted by atomic mass is 32.2. The topological polar surface area (TPSA) is 228 Å². The zero-order valence-electron chi connectivity index (χ0n) is 22.5. The minimum atomic E-state index is -4.38. The van der Waals surface area contributed by atoms with E-state index in [-0.39, 0.29) is 45.7 Å². The summed E-state index contributed by atoms with van der Waals surface area (Å²) in [5.74, 6) is -0.831. The van der Waals surface area contributed by atoms with Gasteiger partial charge >= 0.3 is 0 Å². The molecule has 0 aliphatic rings. The molecule has 0 radical (unpaired) electrons. The van der Waals surface area contributed by atoms with Gasteiger partial charge in [-0.25, -0.2) is 18.4 Å². The Kier molecular flexibility index (Phi) is 10.4. The molecule has 0 saturated heterocycles. The van der Waals surface area contributed by atoms with Crippen LogP contribution in [0.1, 0.15) is 16.1 Å². The van der Waals surface area contributed by atoms with Gasteiger partial charge in [0.1, 0.15) is 0 Å². The van der Waals surface area contributed by atoms with Gasteiger partial charge in [-0.2, -0.15) is 13.5 Å². The van der Waals surface area contributed by atoms with E-state index in [0.29, 0.717) is 22.8 Å². The van der Waals surface area contributed by atoms with Crippen molar-refractivity contribution < 1.29 is 45.0 Å². The van der Waals surface area contributed by atoms with E-state index in [2.05, 4.69) is 30.0 Å². The average molecular weight is 666 g/mol. The molecule has 0 atom stereocenters. The van der Waals surface area contributed by atoms with Gasteiger partial charge in [0.05, 0.1) is 39.2 Å². The van der Waals surface area contributed by atoms with Gasteiger partial charge in [-0.15, -0.1) is 9.45 Å². The lowest BCUT2D eigenvalue weighted by molar-refractivity contribution is -0.434. The second-order valence-electron chi connectivity index (χ2n) is 8.77. The minimum absolute atomic E-state index is 0.00728. The molecule has 4 aromatic rings. The summed E-state index contributed by atoms with van der Waals surface area (Å²) in [4.78, 5) is 25.2. The van der Waals surface area contributed by atoms with E-state index in [1.54, 1.807) is 6.92 Å². The first-order valence-electron chi connectivity index (χ1n) is 12.2. The molecule has 3 aromatic carbocycles. The quantitative estimate of drug-likeness (QED) is 0.0394. The van der Waals surface area contributed by atoms with Gasteiger partial charge in [-0.3, -0.25) is 23.4 Å². The predicted octanol–water partition coefficient (Wildman–Crippen LogP) is 4.16. The summed E-state index contributed by atoms with van der Waals surface area (Å²) in [6.07, 6.45) is 0. The van der Waals surface area contributed by atoms with Crippen molar-refractivity contribution in [2.75, 3.05) is 17.7 Å². The molecule has 232 valence electrons. The second-order valence-corrected chi connectivity index (χ2v) is 12.8. The number of rotatable bonds is 13. The van der Waals surface area contributed by atoms with Crippen molar-refractivity contribution >= 4 is 55.2 Å².